The molecule has 7 heteroatoms. The zero-order valence-electron chi connectivity index (χ0n) is 17.9. The highest BCUT2D eigenvalue weighted by molar-refractivity contribution is 7.99. The van der Waals surface area contributed by atoms with Crippen molar-refractivity contribution in [3.05, 3.63) is 77.1 Å². The number of benzene rings is 2. The lowest BCUT2D eigenvalue weighted by Crippen LogP contribution is -2.49. The molecule has 1 atom stereocenters. The summed E-state index contributed by atoms with van der Waals surface area (Å²) in [6, 6.07) is 13.6. The Hall–Kier alpha value is -3.06. The van der Waals surface area contributed by atoms with Crippen LogP contribution in [0.4, 0.5) is 0 Å². The number of hydrogen-bond donors (Lipinski definition) is 0. The highest BCUT2D eigenvalue weighted by atomic mass is 32.2. The maximum absolute atomic E-state index is 13.2. The van der Waals surface area contributed by atoms with Crippen LogP contribution in [0, 0.1) is 13.8 Å². The van der Waals surface area contributed by atoms with Crippen LogP contribution in [0.5, 0.6) is 0 Å². The number of methoxy groups -OCH3 is 1. The minimum absolute atomic E-state index is 0.106. The van der Waals surface area contributed by atoms with E-state index in [1.165, 1.54) is 18.9 Å². The van der Waals surface area contributed by atoms with Gasteiger partial charge in [-0.1, -0.05) is 48.2 Å². The molecule has 0 radical (unpaired) electrons. The van der Waals surface area contributed by atoms with Crippen LogP contribution in [0.1, 0.15) is 22.3 Å². The third-order valence-corrected chi connectivity index (χ3v) is 6.55. The number of carbonyl (C=O) groups excluding carboxylic acids is 2. The second-order valence-corrected chi connectivity index (χ2v) is 8.63. The summed E-state index contributed by atoms with van der Waals surface area (Å²) >= 11 is 1.38. The van der Waals surface area contributed by atoms with Gasteiger partial charge in [0.15, 0.2) is 5.16 Å². The Bertz CT molecular complexity index is 1120. The smallest absolute Gasteiger partial charge is 0.328 e. The molecular formula is C24H25N3O3S. The molecule has 0 aliphatic carbocycles. The fourth-order valence-electron chi connectivity index (χ4n) is 3.90. The molecule has 0 N–H and O–H groups in total. The van der Waals surface area contributed by atoms with Crippen molar-refractivity contribution in [3.8, 4) is 5.69 Å². The maximum Gasteiger partial charge on any atom is 0.328 e. The van der Waals surface area contributed by atoms with Crippen LogP contribution in [-0.2, 0) is 27.3 Å². The summed E-state index contributed by atoms with van der Waals surface area (Å²) < 4.78 is 6.98. The van der Waals surface area contributed by atoms with Gasteiger partial charge in [0.05, 0.1) is 18.6 Å². The number of thioether (sulfide) groups is 1. The highest BCUT2D eigenvalue weighted by Gasteiger charge is 2.35. The van der Waals surface area contributed by atoms with Gasteiger partial charge in [0, 0.05) is 25.4 Å². The molecular weight excluding hydrogens is 410 g/mol. The van der Waals surface area contributed by atoms with Gasteiger partial charge in [0.25, 0.3) is 0 Å². The van der Waals surface area contributed by atoms with Crippen molar-refractivity contribution in [2.24, 2.45) is 0 Å². The summed E-state index contributed by atoms with van der Waals surface area (Å²) in [7, 11) is 1.36. The fraction of sp³-hybridized carbons (Fsp3) is 0.292. The predicted octanol–water partition coefficient (Wildman–Crippen LogP) is 3.71. The molecule has 0 spiro atoms. The van der Waals surface area contributed by atoms with E-state index in [-0.39, 0.29) is 17.6 Å². The molecule has 0 fully saturated rings. The monoisotopic (exact) mass is 435 g/mol. The number of esters is 1. The molecule has 3 aromatic rings. The lowest BCUT2D eigenvalue weighted by Gasteiger charge is -2.35. The molecule has 0 saturated carbocycles. The first-order chi connectivity index (χ1) is 15.0. The average molecular weight is 436 g/mol. The van der Waals surface area contributed by atoms with E-state index >= 15 is 0 Å². The second-order valence-electron chi connectivity index (χ2n) is 7.69. The van der Waals surface area contributed by atoms with Crippen molar-refractivity contribution < 1.29 is 14.3 Å². The van der Waals surface area contributed by atoms with Gasteiger partial charge < -0.3 is 9.64 Å². The third kappa shape index (κ3) is 4.37. The average Bonchev–Trinajstić information content (AvgIpc) is 3.26. The minimum Gasteiger partial charge on any atom is -0.467 e. The van der Waals surface area contributed by atoms with Crippen LogP contribution in [0.15, 0.2) is 60.0 Å². The number of aryl methyl sites for hydroxylation is 2. The van der Waals surface area contributed by atoms with Crippen LogP contribution in [0.25, 0.3) is 5.69 Å². The molecule has 0 unspecified atom stereocenters. The van der Waals surface area contributed by atoms with Crippen LogP contribution in [0.2, 0.25) is 0 Å². The Labute approximate surface area is 186 Å². The molecule has 0 bridgehead atoms. The van der Waals surface area contributed by atoms with Crippen molar-refractivity contribution >= 4 is 23.6 Å². The second kappa shape index (κ2) is 8.98. The summed E-state index contributed by atoms with van der Waals surface area (Å²) in [5.41, 5.74) is 5.49. The van der Waals surface area contributed by atoms with Crippen molar-refractivity contribution in [1.82, 2.24) is 14.5 Å². The van der Waals surface area contributed by atoms with Gasteiger partial charge in [-0.25, -0.2) is 9.78 Å². The molecule has 1 amide bonds. The van der Waals surface area contributed by atoms with Crippen LogP contribution in [0.3, 0.4) is 0 Å². The normalized spacial score (nSPS) is 15.5. The summed E-state index contributed by atoms with van der Waals surface area (Å²) in [5, 5.41) is 0.745. The summed E-state index contributed by atoms with van der Waals surface area (Å²) in [5.74, 6) is -0.299. The van der Waals surface area contributed by atoms with Gasteiger partial charge in [0.1, 0.15) is 6.04 Å². The topological polar surface area (TPSA) is 64.4 Å². The number of fused-ring (bicyclic) bond motifs is 1. The summed E-state index contributed by atoms with van der Waals surface area (Å²) in [6.07, 6.45) is 4.11. The number of nitrogens with zero attached hydrogens (tertiary/aromatic N) is 3. The quantitative estimate of drug-likeness (QED) is 0.452. The first-order valence-corrected chi connectivity index (χ1v) is 11.1. The van der Waals surface area contributed by atoms with E-state index in [9.17, 15) is 9.59 Å². The van der Waals surface area contributed by atoms with E-state index in [2.05, 4.69) is 37.0 Å². The molecule has 2 heterocycles. The zero-order chi connectivity index (χ0) is 22.0. The van der Waals surface area contributed by atoms with Gasteiger partial charge in [-0.3, -0.25) is 9.36 Å². The van der Waals surface area contributed by atoms with E-state index in [1.54, 1.807) is 11.1 Å². The maximum atomic E-state index is 13.2. The first-order valence-electron chi connectivity index (χ1n) is 10.2. The Kier molecular flexibility index (Phi) is 6.13. The number of ether oxygens (including phenoxy) is 1. The summed E-state index contributed by atoms with van der Waals surface area (Å²) in [6.45, 7) is 4.51. The molecule has 31 heavy (non-hydrogen) atoms. The number of aromatic nitrogens is 2. The van der Waals surface area contributed by atoms with Crippen LogP contribution in [-0.4, -0.2) is 45.2 Å². The minimum atomic E-state index is -0.605. The van der Waals surface area contributed by atoms with E-state index in [1.807, 2.05) is 35.0 Å². The number of rotatable bonds is 5. The summed E-state index contributed by atoms with van der Waals surface area (Å²) in [4.78, 5) is 31.6. The van der Waals surface area contributed by atoms with Crippen molar-refractivity contribution in [1.29, 1.82) is 0 Å². The van der Waals surface area contributed by atoms with Gasteiger partial charge >= 0.3 is 5.97 Å². The van der Waals surface area contributed by atoms with Gasteiger partial charge in [-0.15, -0.1) is 0 Å². The Morgan fingerprint density at radius 2 is 1.94 bits per heavy atom. The van der Waals surface area contributed by atoms with Gasteiger partial charge in [-0.2, -0.15) is 0 Å². The SMILES string of the molecule is COC(=O)[C@@H]1Cc2ccccc2CN1C(=O)CSc1nccn1-c1cc(C)ccc1C. The lowest BCUT2D eigenvalue weighted by atomic mass is 9.94. The Morgan fingerprint density at radius 3 is 2.71 bits per heavy atom. The number of imidazole rings is 1. The van der Waals surface area contributed by atoms with Crippen molar-refractivity contribution in [2.45, 2.75) is 38.0 Å². The molecule has 1 aliphatic rings. The van der Waals surface area contributed by atoms with Gasteiger partial charge in [-0.05, 0) is 42.2 Å². The molecule has 4 rings (SSSR count). The standard InChI is InChI=1S/C24H25N3O3S/c1-16-8-9-17(2)20(12-16)26-11-10-25-24(26)31-15-22(28)27-14-19-7-5-4-6-18(19)13-21(27)23(29)30-3/h4-12,21H,13-15H2,1-3H3/t21-/m0/s1. The Morgan fingerprint density at radius 1 is 1.16 bits per heavy atom. The van der Waals surface area contributed by atoms with Crippen LogP contribution >= 0.6 is 11.8 Å². The zero-order valence-corrected chi connectivity index (χ0v) is 18.7. The Balaban J connectivity index is 1.53. The van der Waals surface area contributed by atoms with Crippen molar-refractivity contribution in [2.75, 3.05) is 12.9 Å². The third-order valence-electron chi connectivity index (χ3n) is 5.60. The first kappa shape index (κ1) is 21.2. The molecule has 1 aromatic heterocycles. The molecule has 0 saturated heterocycles. The molecule has 1 aliphatic heterocycles. The number of hydrogen-bond acceptors (Lipinski definition) is 5. The number of amides is 1. The lowest BCUT2D eigenvalue weighted by molar-refractivity contribution is -0.153. The molecule has 2 aromatic carbocycles. The van der Waals surface area contributed by atoms with Crippen LogP contribution < -0.4 is 0 Å². The number of carbonyl (C=O) groups is 2. The van der Waals surface area contributed by atoms with E-state index < -0.39 is 6.04 Å². The largest absolute Gasteiger partial charge is 0.467 e. The van der Waals surface area contributed by atoms with Crippen molar-refractivity contribution in [3.63, 3.8) is 0 Å². The predicted molar refractivity (Wildman–Crippen MR) is 120 cm³/mol. The van der Waals surface area contributed by atoms with E-state index in [0.29, 0.717) is 13.0 Å². The molecule has 6 nitrogen and oxygen atoms in total. The highest BCUT2D eigenvalue weighted by Crippen LogP contribution is 2.27. The fourth-order valence-corrected chi connectivity index (χ4v) is 4.75. The van der Waals surface area contributed by atoms with E-state index in [0.717, 1.165) is 33.1 Å². The molecule has 160 valence electrons. The van der Waals surface area contributed by atoms with Gasteiger partial charge in [0.2, 0.25) is 5.91 Å². The van der Waals surface area contributed by atoms with E-state index in [4.69, 9.17) is 4.74 Å².